The molecule has 11 heteroatoms. The van der Waals surface area contributed by atoms with E-state index in [0.717, 1.165) is 36.8 Å². The first-order chi connectivity index (χ1) is 16.9. The first kappa shape index (κ1) is 22.4. The molecule has 184 valence electrons. The van der Waals surface area contributed by atoms with Crippen LogP contribution in [-0.4, -0.2) is 69.3 Å². The number of likely N-dealkylation sites (tertiary alicyclic amines) is 1. The van der Waals surface area contributed by atoms with Crippen LogP contribution in [0.1, 0.15) is 31.2 Å². The summed E-state index contributed by atoms with van der Waals surface area (Å²) < 4.78 is 42.4. The van der Waals surface area contributed by atoms with Gasteiger partial charge < -0.3 is 5.32 Å². The highest BCUT2D eigenvalue weighted by Gasteiger charge is 2.53. The van der Waals surface area contributed by atoms with Gasteiger partial charge in [-0.15, -0.1) is 0 Å². The fourth-order valence-electron chi connectivity index (χ4n) is 5.84. The number of alkyl halides is 3. The highest BCUT2D eigenvalue weighted by atomic mass is 19.4. The second kappa shape index (κ2) is 8.54. The van der Waals surface area contributed by atoms with Gasteiger partial charge in [0.1, 0.15) is 11.8 Å². The van der Waals surface area contributed by atoms with Gasteiger partial charge in [-0.2, -0.15) is 18.3 Å². The number of hydrazone groups is 1. The number of amidine groups is 1. The molecule has 4 atom stereocenters. The third-order valence-corrected chi connectivity index (χ3v) is 7.58. The number of hydrogen-bond donors (Lipinski definition) is 1. The molecule has 1 aliphatic carbocycles. The molecule has 2 aromatic rings. The number of benzene rings is 1. The smallest absolute Gasteiger partial charge is 0.313 e. The fourth-order valence-corrected chi connectivity index (χ4v) is 5.84. The Balaban J connectivity index is 1.25. The minimum atomic E-state index is -4.41. The van der Waals surface area contributed by atoms with E-state index >= 15 is 0 Å². The molecule has 1 N–H and O–H groups in total. The number of halogens is 3. The van der Waals surface area contributed by atoms with Gasteiger partial charge in [-0.1, -0.05) is 18.9 Å². The summed E-state index contributed by atoms with van der Waals surface area (Å²) >= 11 is 0. The lowest BCUT2D eigenvalue weighted by atomic mass is 9.92. The first-order valence-corrected chi connectivity index (χ1v) is 12.1. The van der Waals surface area contributed by atoms with E-state index in [1.807, 2.05) is 23.2 Å². The van der Waals surface area contributed by atoms with Crippen LogP contribution in [0.25, 0.3) is 11.0 Å². The van der Waals surface area contributed by atoms with Gasteiger partial charge in [0.15, 0.2) is 6.17 Å². The summed E-state index contributed by atoms with van der Waals surface area (Å²) in [7, 11) is 0. The molecule has 3 aliphatic heterocycles. The number of fused-ring (bicyclic) bond motifs is 2. The van der Waals surface area contributed by atoms with Crippen molar-refractivity contribution in [3.8, 4) is 0 Å². The second-order valence-corrected chi connectivity index (χ2v) is 9.85. The number of aromatic nitrogens is 2. The summed E-state index contributed by atoms with van der Waals surface area (Å²) in [6.07, 6.45) is 3.93. The predicted molar refractivity (Wildman–Crippen MR) is 123 cm³/mol. The lowest BCUT2D eigenvalue weighted by Gasteiger charge is -2.34. The van der Waals surface area contributed by atoms with Crippen LogP contribution in [0, 0.1) is 17.8 Å². The van der Waals surface area contributed by atoms with Crippen molar-refractivity contribution in [2.45, 2.75) is 50.6 Å². The fraction of sp³-hybridized carbons (Fsp3) is 0.542. The Morgan fingerprint density at radius 2 is 1.83 bits per heavy atom. The van der Waals surface area contributed by atoms with Gasteiger partial charge in [0, 0.05) is 50.2 Å². The molecule has 0 bridgehead atoms. The zero-order chi connectivity index (χ0) is 24.2. The highest BCUT2D eigenvalue weighted by Crippen LogP contribution is 2.40. The van der Waals surface area contributed by atoms with Crippen LogP contribution in [0.2, 0.25) is 0 Å². The molecule has 0 spiro atoms. The van der Waals surface area contributed by atoms with Crippen molar-refractivity contribution in [1.29, 1.82) is 0 Å². The maximum absolute atomic E-state index is 14.1. The number of amides is 1. The molecule has 6 rings (SSSR count). The van der Waals surface area contributed by atoms with E-state index in [1.165, 1.54) is 0 Å². The number of aliphatic imine (C=N–C) groups is 1. The molecular weight excluding hydrogens is 459 g/mol. The van der Waals surface area contributed by atoms with Gasteiger partial charge in [0.2, 0.25) is 5.91 Å². The summed E-state index contributed by atoms with van der Waals surface area (Å²) in [6.45, 7) is 0.349. The normalized spacial score (nSPS) is 29.6. The van der Waals surface area contributed by atoms with E-state index in [9.17, 15) is 18.0 Å². The highest BCUT2D eigenvalue weighted by molar-refractivity contribution is 6.08. The minimum absolute atomic E-state index is 0.138. The van der Waals surface area contributed by atoms with E-state index in [0.29, 0.717) is 12.1 Å². The monoisotopic (exact) mass is 485 g/mol. The zero-order valence-corrected chi connectivity index (χ0v) is 19.0. The first-order valence-electron chi connectivity index (χ1n) is 12.1. The largest absolute Gasteiger partial charge is 0.393 e. The topological polar surface area (TPSA) is 86.1 Å². The Kier molecular flexibility index (Phi) is 5.46. The molecule has 2 unspecified atom stereocenters. The van der Waals surface area contributed by atoms with Gasteiger partial charge in [-0.25, -0.2) is 4.99 Å². The predicted octanol–water partition coefficient (Wildman–Crippen LogP) is 2.95. The minimum Gasteiger partial charge on any atom is -0.313 e. The van der Waals surface area contributed by atoms with Gasteiger partial charge in [0.05, 0.1) is 17.0 Å². The summed E-state index contributed by atoms with van der Waals surface area (Å²) in [5.74, 6) is -3.29. The lowest BCUT2D eigenvalue weighted by Crippen LogP contribution is -2.53. The Hall–Kier alpha value is -3.08. The average Bonchev–Trinajstić information content (AvgIpc) is 3.58. The van der Waals surface area contributed by atoms with Crippen LogP contribution in [0.5, 0.6) is 0 Å². The van der Waals surface area contributed by atoms with Crippen LogP contribution < -0.4 is 5.32 Å². The number of carbonyl (C=O) groups is 1. The van der Waals surface area contributed by atoms with E-state index in [2.05, 4.69) is 25.4 Å². The zero-order valence-electron chi connectivity index (χ0n) is 19.0. The number of carbonyl (C=O) groups excluding carboxylic acids is 1. The molecule has 1 aromatic heterocycles. The Bertz CT molecular complexity index is 1190. The number of nitrogens with one attached hydrogen (secondary N) is 1. The molecule has 4 heterocycles. The third kappa shape index (κ3) is 4.15. The van der Waals surface area contributed by atoms with Crippen LogP contribution in [0.4, 0.5) is 13.2 Å². The Morgan fingerprint density at radius 3 is 2.60 bits per heavy atom. The van der Waals surface area contributed by atoms with Crippen molar-refractivity contribution >= 4 is 29.0 Å². The van der Waals surface area contributed by atoms with Crippen molar-refractivity contribution < 1.29 is 18.0 Å². The van der Waals surface area contributed by atoms with E-state index in [-0.39, 0.29) is 30.9 Å². The van der Waals surface area contributed by atoms with Crippen LogP contribution in [0.3, 0.4) is 0 Å². The third-order valence-electron chi connectivity index (χ3n) is 7.58. The number of hydrogen-bond acceptors (Lipinski definition) is 7. The number of rotatable bonds is 4. The van der Waals surface area contributed by atoms with Crippen LogP contribution in [-0.2, 0) is 11.3 Å². The molecule has 35 heavy (non-hydrogen) atoms. The van der Waals surface area contributed by atoms with Crippen molar-refractivity contribution in [3.05, 3.63) is 36.2 Å². The lowest BCUT2D eigenvalue weighted by molar-refractivity contribution is -0.176. The van der Waals surface area contributed by atoms with E-state index in [4.69, 9.17) is 0 Å². The quantitative estimate of drug-likeness (QED) is 0.720. The molecule has 0 radical (unpaired) electrons. The van der Waals surface area contributed by atoms with Gasteiger partial charge in [-0.3, -0.25) is 24.7 Å². The Morgan fingerprint density at radius 1 is 1.06 bits per heavy atom. The van der Waals surface area contributed by atoms with Crippen molar-refractivity contribution in [2.75, 3.05) is 13.1 Å². The van der Waals surface area contributed by atoms with Crippen molar-refractivity contribution in [1.82, 2.24) is 25.2 Å². The van der Waals surface area contributed by atoms with Crippen LogP contribution in [0.15, 0.2) is 40.7 Å². The summed E-state index contributed by atoms with van der Waals surface area (Å²) in [6, 6.07) is 5.74. The molecule has 2 fully saturated rings. The summed E-state index contributed by atoms with van der Waals surface area (Å²) in [4.78, 5) is 27.8. The maximum atomic E-state index is 14.1. The van der Waals surface area contributed by atoms with Crippen LogP contribution >= 0.6 is 0 Å². The van der Waals surface area contributed by atoms with Gasteiger partial charge in [0.25, 0.3) is 0 Å². The molecule has 1 saturated carbocycles. The molecule has 1 amide bonds. The SMILES string of the molecule is O=C1NC([C@@H]2CN(Cc3ccc4nccnc4c3)C[C@H]2C(F)(F)F)=NC2C1C=NN2C1CCCC1. The average molecular weight is 486 g/mol. The van der Waals surface area contributed by atoms with E-state index < -0.39 is 30.1 Å². The maximum Gasteiger partial charge on any atom is 0.393 e. The van der Waals surface area contributed by atoms with Crippen molar-refractivity contribution in [3.63, 3.8) is 0 Å². The van der Waals surface area contributed by atoms with Gasteiger partial charge >= 0.3 is 6.18 Å². The molecule has 1 aromatic carbocycles. The Labute approximate surface area is 200 Å². The molecular formula is C24H26F3N7O. The standard InChI is InChI=1S/C24H26F3N7O/c25-24(26,27)18-13-33(11-14-5-6-19-20(9-14)29-8-7-28-19)12-17(18)21-31-22-16(23(35)32-21)10-30-34(22)15-3-1-2-4-15/h5-10,15-18,22H,1-4,11-13H2,(H,31,32,35)/t16?,17-,18-,22?/m1/s1. The second-order valence-electron chi connectivity index (χ2n) is 9.85. The number of nitrogens with zero attached hydrogens (tertiary/aromatic N) is 6. The molecule has 1 saturated heterocycles. The summed E-state index contributed by atoms with van der Waals surface area (Å²) in [5.41, 5.74) is 2.31. The molecule has 4 aliphatic rings. The van der Waals surface area contributed by atoms with E-state index in [1.54, 1.807) is 23.5 Å². The summed E-state index contributed by atoms with van der Waals surface area (Å²) in [5, 5.41) is 8.98. The van der Waals surface area contributed by atoms with Crippen molar-refractivity contribution in [2.24, 2.45) is 27.8 Å². The molecule has 8 nitrogen and oxygen atoms in total. The van der Waals surface area contributed by atoms with Gasteiger partial charge in [-0.05, 0) is 30.5 Å².